The lowest BCUT2D eigenvalue weighted by Gasteiger charge is -2.39. The molecule has 33 heavy (non-hydrogen) atoms. The summed E-state index contributed by atoms with van der Waals surface area (Å²) in [6.45, 7) is 6.91. The predicted molar refractivity (Wildman–Crippen MR) is 129 cm³/mol. The highest BCUT2D eigenvalue weighted by molar-refractivity contribution is 5.92. The van der Waals surface area contributed by atoms with Crippen molar-refractivity contribution in [1.29, 1.82) is 0 Å². The molecule has 1 aliphatic carbocycles. The SMILES string of the molecule is CNC(=O)c1ccc(C2=CCN(Cc3cnc4cc(C5CC5)c(=O)[nH]c4c3)CC2(C)C)cn1. The van der Waals surface area contributed by atoms with Gasteiger partial charge in [-0.3, -0.25) is 24.5 Å². The Bertz CT molecular complexity index is 1300. The van der Waals surface area contributed by atoms with E-state index in [9.17, 15) is 9.59 Å². The number of fused-ring (bicyclic) bond motifs is 1. The number of hydrogen-bond donors (Lipinski definition) is 2. The summed E-state index contributed by atoms with van der Waals surface area (Å²) in [4.78, 5) is 38.6. The number of rotatable bonds is 5. The molecule has 3 aromatic heterocycles. The van der Waals surface area contributed by atoms with Gasteiger partial charge < -0.3 is 10.3 Å². The van der Waals surface area contributed by atoms with Crippen LogP contribution in [0.1, 0.15) is 59.8 Å². The van der Waals surface area contributed by atoms with E-state index in [1.54, 1.807) is 19.3 Å². The van der Waals surface area contributed by atoms with Gasteiger partial charge in [0.1, 0.15) is 5.69 Å². The molecule has 2 aliphatic rings. The standard InChI is InChI=1S/C26H29N5O2/c1-26(2)15-31(9-8-20(26)18-6-7-21(29-13-18)25(33)27-3)14-16-10-23-22(28-12-16)11-19(17-4-5-17)24(32)30-23/h6-8,10-13,17H,4-5,9,14-15H2,1-3H3,(H,27,33)(H,30,32). The summed E-state index contributed by atoms with van der Waals surface area (Å²) in [6, 6.07) is 7.75. The van der Waals surface area contributed by atoms with Crippen LogP contribution in [0.5, 0.6) is 0 Å². The van der Waals surface area contributed by atoms with Crippen LogP contribution in [0.25, 0.3) is 16.6 Å². The topological polar surface area (TPSA) is 91.0 Å². The zero-order valence-corrected chi connectivity index (χ0v) is 19.3. The Hall–Kier alpha value is -3.32. The van der Waals surface area contributed by atoms with Gasteiger partial charge in [0, 0.05) is 50.1 Å². The van der Waals surface area contributed by atoms with Crippen LogP contribution in [0.2, 0.25) is 0 Å². The van der Waals surface area contributed by atoms with Gasteiger partial charge in [-0.2, -0.15) is 0 Å². The zero-order chi connectivity index (χ0) is 23.2. The Morgan fingerprint density at radius 2 is 2.03 bits per heavy atom. The first kappa shape index (κ1) is 21.5. The minimum absolute atomic E-state index is 0.0201. The van der Waals surface area contributed by atoms with Crippen LogP contribution in [0.3, 0.4) is 0 Å². The second-order valence-corrected chi connectivity index (χ2v) is 9.79. The van der Waals surface area contributed by atoms with Crippen molar-refractivity contribution in [3.8, 4) is 0 Å². The number of nitrogens with one attached hydrogen (secondary N) is 2. The summed E-state index contributed by atoms with van der Waals surface area (Å²) in [6.07, 6.45) is 8.15. The Labute approximate surface area is 193 Å². The number of carbonyl (C=O) groups is 1. The van der Waals surface area contributed by atoms with Crippen molar-refractivity contribution in [3.05, 3.63) is 75.5 Å². The molecule has 1 fully saturated rings. The molecule has 0 radical (unpaired) electrons. The Morgan fingerprint density at radius 1 is 1.21 bits per heavy atom. The van der Waals surface area contributed by atoms with Gasteiger partial charge in [-0.15, -0.1) is 0 Å². The number of nitrogens with zero attached hydrogens (tertiary/aromatic N) is 3. The fourth-order valence-electron chi connectivity index (χ4n) is 4.83. The van der Waals surface area contributed by atoms with Gasteiger partial charge in [0.05, 0.1) is 11.0 Å². The molecule has 0 saturated heterocycles. The molecule has 7 heteroatoms. The number of pyridine rings is 3. The van der Waals surface area contributed by atoms with Crippen LogP contribution in [0, 0.1) is 5.41 Å². The Morgan fingerprint density at radius 3 is 2.70 bits per heavy atom. The Balaban J connectivity index is 1.34. The van der Waals surface area contributed by atoms with Crippen molar-refractivity contribution in [2.75, 3.05) is 20.1 Å². The number of aromatic amines is 1. The van der Waals surface area contributed by atoms with Gasteiger partial charge in [0.25, 0.3) is 11.5 Å². The van der Waals surface area contributed by atoms with Crippen LogP contribution in [0.4, 0.5) is 0 Å². The first-order valence-corrected chi connectivity index (χ1v) is 11.5. The largest absolute Gasteiger partial charge is 0.354 e. The molecule has 0 bridgehead atoms. The van der Waals surface area contributed by atoms with Crippen molar-refractivity contribution < 1.29 is 4.79 Å². The molecule has 0 aromatic carbocycles. The van der Waals surface area contributed by atoms with Crippen molar-refractivity contribution in [3.63, 3.8) is 0 Å². The molecule has 1 saturated carbocycles. The summed E-state index contributed by atoms with van der Waals surface area (Å²) < 4.78 is 0. The van der Waals surface area contributed by atoms with Crippen LogP contribution in [-0.2, 0) is 6.54 Å². The van der Waals surface area contributed by atoms with Gasteiger partial charge >= 0.3 is 0 Å². The third-order valence-electron chi connectivity index (χ3n) is 6.64. The summed E-state index contributed by atoms with van der Waals surface area (Å²) in [5.41, 5.74) is 6.26. The smallest absolute Gasteiger partial charge is 0.269 e. The van der Waals surface area contributed by atoms with Gasteiger partial charge in [0.15, 0.2) is 0 Å². The van der Waals surface area contributed by atoms with E-state index in [0.29, 0.717) is 11.6 Å². The van der Waals surface area contributed by atoms with Gasteiger partial charge in [-0.05, 0) is 53.7 Å². The molecule has 7 nitrogen and oxygen atoms in total. The average Bonchev–Trinajstić information content (AvgIpc) is 3.63. The molecule has 0 spiro atoms. The highest BCUT2D eigenvalue weighted by atomic mass is 16.1. The van der Waals surface area contributed by atoms with E-state index in [1.807, 2.05) is 24.4 Å². The van der Waals surface area contributed by atoms with E-state index >= 15 is 0 Å². The molecule has 1 aliphatic heterocycles. The van der Waals surface area contributed by atoms with Gasteiger partial charge in [-0.1, -0.05) is 26.0 Å². The lowest BCUT2D eigenvalue weighted by Crippen LogP contribution is -2.38. The molecule has 1 amide bonds. The van der Waals surface area contributed by atoms with Crippen molar-refractivity contribution in [2.45, 2.75) is 39.2 Å². The molecule has 0 unspecified atom stereocenters. The highest BCUT2D eigenvalue weighted by Gasteiger charge is 2.31. The van der Waals surface area contributed by atoms with Gasteiger partial charge in [-0.25, -0.2) is 0 Å². The first-order valence-electron chi connectivity index (χ1n) is 11.5. The van der Waals surface area contributed by atoms with E-state index in [2.05, 4.69) is 45.1 Å². The van der Waals surface area contributed by atoms with Crippen LogP contribution >= 0.6 is 0 Å². The fraction of sp³-hybridized carbons (Fsp3) is 0.385. The fourth-order valence-corrected chi connectivity index (χ4v) is 4.83. The monoisotopic (exact) mass is 443 g/mol. The van der Waals surface area contributed by atoms with E-state index in [0.717, 1.165) is 60.2 Å². The minimum atomic E-state index is -0.182. The number of aromatic nitrogens is 3. The van der Waals surface area contributed by atoms with Crippen LogP contribution < -0.4 is 10.9 Å². The van der Waals surface area contributed by atoms with Crippen LogP contribution in [0.15, 0.2) is 47.5 Å². The minimum Gasteiger partial charge on any atom is -0.354 e. The van der Waals surface area contributed by atoms with E-state index in [-0.39, 0.29) is 16.9 Å². The van der Waals surface area contributed by atoms with Crippen molar-refractivity contribution in [1.82, 2.24) is 25.2 Å². The zero-order valence-electron chi connectivity index (χ0n) is 19.3. The van der Waals surface area contributed by atoms with Crippen LogP contribution in [-0.4, -0.2) is 45.9 Å². The maximum atomic E-state index is 12.4. The lowest BCUT2D eigenvalue weighted by atomic mass is 9.78. The maximum absolute atomic E-state index is 12.4. The normalized spacial score (nSPS) is 18.2. The quantitative estimate of drug-likeness (QED) is 0.630. The lowest BCUT2D eigenvalue weighted by molar-refractivity contribution is 0.0958. The molecule has 170 valence electrons. The number of hydrogen-bond acceptors (Lipinski definition) is 5. The molecule has 3 aromatic rings. The number of amides is 1. The molecule has 5 rings (SSSR count). The van der Waals surface area contributed by atoms with E-state index < -0.39 is 0 Å². The second-order valence-electron chi connectivity index (χ2n) is 9.79. The van der Waals surface area contributed by atoms with Crippen molar-refractivity contribution >= 4 is 22.5 Å². The third kappa shape index (κ3) is 4.33. The molecular weight excluding hydrogens is 414 g/mol. The number of H-pyrrole nitrogens is 1. The first-order chi connectivity index (χ1) is 15.8. The van der Waals surface area contributed by atoms with Gasteiger partial charge in [0.2, 0.25) is 0 Å². The molecular formula is C26H29N5O2. The molecule has 0 atom stereocenters. The van der Waals surface area contributed by atoms with E-state index in [1.165, 1.54) is 5.57 Å². The van der Waals surface area contributed by atoms with Crippen molar-refractivity contribution in [2.24, 2.45) is 5.41 Å². The molecule has 4 heterocycles. The summed E-state index contributed by atoms with van der Waals surface area (Å²) >= 11 is 0. The average molecular weight is 444 g/mol. The summed E-state index contributed by atoms with van der Waals surface area (Å²) in [5, 5.41) is 2.60. The summed E-state index contributed by atoms with van der Waals surface area (Å²) in [7, 11) is 1.60. The summed E-state index contributed by atoms with van der Waals surface area (Å²) in [5.74, 6) is 0.227. The van der Waals surface area contributed by atoms with E-state index in [4.69, 9.17) is 0 Å². The third-order valence-corrected chi connectivity index (χ3v) is 6.64. The molecule has 2 N–H and O–H groups in total. The second kappa shape index (κ2) is 8.23. The predicted octanol–water partition coefficient (Wildman–Crippen LogP) is 3.48. The number of carbonyl (C=O) groups excluding carboxylic acids is 1. The highest BCUT2D eigenvalue weighted by Crippen LogP contribution is 2.39. The maximum Gasteiger partial charge on any atom is 0.269 e. The Kier molecular flexibility index (Phi) is 5.37.